The van der Waals surface area contributed by atoms with Crippen LogP contribution in [0.4, 0.5) is 0 Å². The first-order valence-electron chi connectivity index (χ1n) is 6.99. The summed E-state index contributed by atoms with van der Waals surface area (Å²) < 4.78 is 30.5. The first-order valence-corrected chi connectivity index (χ1v) is 8.71. The van der Waals surface area contributed by atoms with Gasteiger partial charge in [0.1, 0.15) is 18.1 Å². The maximum Gasteiger partial charge on any atom is 0.267 e. The van der Waals surface area contributed by atoms with Gasteiger partial charge < -0.3 is 9.32 Å². The standard InChI is InChI=1S/C14H15N3O5S/c18-13-4-1-5-15-17(13)9-14(19)16-7-12(8-16)23(20,21)10-11-3-2-6-22-11/h1-6,12H,7-10H2. The van der Waals surface area contributed by atoms with E-state index in [1.54, 1.807) is 12.1 Å². The monoisotopic (exact) mass is 337 g/mol. The molecule has 0 bridgehead atoms. The molecule has 3 rings (SSSR count). The first-order chi connectivity index (χ1) is 11.0. The minimum atomic E-state index is -3.37. The number of carbonyl (C=O) groups excluding carboxylic acids is 1. The lowest BCUT2D eigenvalue weighted by molar-refractivity contribution is -0.135. The number of nitrogens with zero attached hydrogens (tertiary/aromatic N) is 3. The lowest BCUT2D eigenvalue weighted by Crippen LogP contribution is -2.58. The van der Waals surface area contributed by atoms with Gasteiger partial charge in [0, 0.05) is 25.4 Å². The zero-order chi connectivity index (χ0) is 16.4. The van der Waals surface area contributed by atoms with Gasteiger partial charge in [-0.2, -0.15) is 5.10 Å². The predicted molar refractivity (Wildman–Crippen MR) is 80.2 cm³/mol. The zero-order valence-corrected chi connectivity index (χ0v) is 13.0. The molecular formula is C14H15N3O5S. The number of likely N-dealkylation sites (tertiary alicyclic amines) is 1. The average molecular weight is 337 g/mol. The first kappa shape index (κ1) is 15.5. The molecule has 0 atom stereocenters. The zero-order valence-electron chi connectivity index (χ0n) is 12.2. The summed E-state index contributed by atoms with van der Waals surface area (Å²) in [5, 5.41) is 3.20. The highest BCUT2D eigenvalue weighted by molar-refractivity contribution is 7.91. The van der Waals surface area contributed by atoms with Crippen molar-refractivity contribution in [1.82, 2.24) is 14.7 Å². The normalized spacial score (nSPS) is 15.4. The summed E-state index contributed by atoms with van der Waals surface area (Å²) in [4.78, 5) is 25.0. The summed E-state index contributed by atoms with van der Waals surface area (Å²) in [7, 11) is -3.37. The van der Waals surface area contributed by atoms with E-state index in [1.807, 2.05) is 0 Å². The summed E-state index contributed by atoms with van der Waals surface area (Å²) in [6, 6.07) is 6.04. The van der Waals surface area contributed by atoms with E-state index in [4.69, 9.17) is 4.42 Å². The van der Waals surface area contributed by atoms with E-state index in [9.17, 15) is 18.0 Å². The van der Waals surface area contributed by atoms with Crippen LogP contribution < -0.4 is 5.56 Å². The van der Waals surface area contributed by atoms with Crippen LogP contribution in [0, 0.1) is 0 Å². The Labute approximate surface area is 132 Å². The number of sulfone groups is 1. The molecule has 122 valence electrons. The summed E-state index contributed by atoms with van der Waals surface area (Å²) in [6.07, 6.45) is 2.84. The van der Waals surface area contributed by atoms with E-state index in [1.165, 1.54) is 29.5 Å². The lowest BCUT2D eigenvalue weighted by atomic mass is 10.2. The Morgan fingerprint density at radius 2 is 2.09 bits per heavy atom. The fourth-order valence-corrected chi connectivity index (χ4v) is 3.92. The lowest BCUT2D eigenvalue weighted by Gasteiger charge is -2.38. The molecule has 2 aromatic rings. The van der Waals surface area contributed by atoms with Crippen molar-refractivity contribution in [2.45, 2.75) is 17.5 Å². The molecule has 1 saturated heterocycles. The Hall–Kier alpha value is -2.42. The Kier molecular flexibility index (Phi) is 4.03. The van der Waals surface area contributed by atoms with E-state index in [2.05, 4.69) is 5.10 Å². The Balaban J connectivity index is 1.57. The third-order valence-corrected chi connectivity index (χ3v) is 5.70. The van der Waals surface area contributed by atoms with Crippen molar-refractivity contribution >= 4 is 15.7 Å². The predicted octanol–water partition coefficient (Wildman–Crippen LogP) is -0.338. The molecule has 1 aliphatic heterocycles. The number of carbonyl (C=O) groups is 1. The Bertz CT molecular complexity index is 851. The molecule has 8 nitrogen and oxygen atoms in total. The maximum atomic E-state index is 12.2. The summed E-state index contributed by atoms with van der Waals surface area (Å²) in [5.41, 5.74) is -0.372. The van der Waals surface area contributed by atoms with E-state index in [0.717, 1.165) is 4.68 Å². The van der Waals surface area contributed by atoms with Crippen LogP contribution in [0.15, 0.2) is 45.9 Å². The van der Waals surface area contributed by atoms with Gasteiger partial charge in [0.05, 0.1) is 11.5 Å². The third kappa shape index (κ3) is 3.34. The van der Waals surface area contributed by atoms with E-state index in [-0.39, 0.29) is 36.9 Å². The van der Waals surface area contributed by atoms with Gasteiger partial charge in [0.2, 0.25) is 5.91 Å². The molecule has 3 heterocycles. The number of aromatic nitrogens is 2. The van der Waals surface area contributed by atoms with E-state index >= 15 is 0 Å². The van der Waals surface area contributed by atoms with Crippen molar-refractivity contribution in [3.8, 4) is 0 Å². The summed E-state index contributed by atoms with van der Waals surface area (Å²) in [6.45, 7) is 0.0670. The largest absolute Gasteiger partial charge is 0.468 e. The van der Waals surface area contributed by atoms with Gasteiger partial charge in [-0.25, -0.2) is 13.1 Å². The summed E-state index contributed by atoms with van der Waals surface area (Å²) in [5.74, 6) is -0.114. The molecule has 1 fully saturated rings. The van der Waals surface area contributed by atoms with Crippen LogP contribution in [-0.2, 0) is 26.9 Å². The van der Waals surface area contributed by atoms with Crippen LogP contribution in [-0.4, -0.2) is 47.3 Å². The molecule has 0 saturated carbocycles. The van der Waals surface area contributed by atoms with Crippen molar-refractivity contribution in [2.24, 2.45) is 0 Å². The van der Waals surface area contributed by atoms with Gasteiger partial charge in [-0.05, 0) is 18.2 Å². The number of amides is 1. The van der Waals surface area contributed by atoms with Crippen LogP contribution in [0.25, 0.3) is 0 Å². The molecule has 1 amide bonds. The minimum Gasteiger partial charge on any atom is -0.468 e. The second-order valence-corrected chi connectivity index (χ2v) is 7.61. The van der Waals surface area contributed by atoms with Crippen molar-refractivity contribution in [2.75, 3.05) is 13.1 Å². The van der Waals surface area contributed by atoms with E-state index in [0.29, 0.717) is 5.76 Å². The molecule has 0 unspecified atom stereocenters. The van der Waals surface area contributed by atoms with Crippen LogP contribution in [0.2, 0.25) is 0 Å². The molecule has 9 heteroatoms. The fourth-order valence-electron chi connectivity index (χ4n) is 2.31. The van der Waals surface area contributed by atoms with Crippen LogP contribution in [0.3, 0.4) is 0 Å². The van der Waals surface area contributed by atoms with Crippen LogP contribution >= 0.6 is 0 Å². The highest BCUT2D eigenvalue weighted by Crippen LogP contribution is 2.20. The fraction of sp³-hybridized carbons (Fsp3) is 0.357. The molecule has 0 radical (unpaired) electrons. The molecule has 1 aliphatic rings. The van der Waals surface area contributed by atoms with Crippen LogP contribution in [0.5, 0.6) is 0 Å². The second kappa shape index (κ2) is 5.99. The van der Waals surface area contributed by atoms with Crippen LogP contribution in [0.1, 0.15) is 5.76 Å². The molecular weight excluding hydrogens is 322 g/mol. The van der Waals surface area contributed by atoms with Gasteiger partial charge in [-0.15, -0.1) is 0 Å². The minimum absolute atomic E-state index is 0.128. The highest BCUT2D eigenvalue weighted by Gasteiger charge is 2.39. The summed E-state index contributed by atoms with van der Waals surface area (Å²) >= 11 is 0. The van der Waals surface area contributed by atoms with Crippen molar-refractivity contribution in [1.29, 1.82) is 0 Å². The van der Waals surface area contributed by atoms with Crippen molar-refractivity contribution in [3.05, 3.63) is 52.8 Å². The molecule has 0 aliphatic carbocycles. The second-order valence-electron chi connectivity index (χ2n) is 5.33. The van der Waals surface area contributed by atoms with Crippen molar-refractivity contribution in [3.63, 3.8) is 0 Å². The highest BCUT2D eigenvalue weighted by atomic mass is 32.2. The number of furan rings is 1. The van der Waals surface area contributed by atoms with Gasteiger partial charge in [-0.1, -0.05) is 0 Å². The number of hydrogen-bond acceptors (Lipinski definition) is 6. The van der Waals surface area contributed by atoms with Gasteiger partial charge >= 0.3 is 0 Å². The molecule has 2 aromatic heterocycles. The molecule has 0 spiro atoms. The topological polar surface area (TPSA) is 102 Å². The smallest absolute Gasteiger partial charge is 0.267 e. The van der Waals surface area contributed by atoms with Gasteiger partial charge in [0.15, 0.2) is 9.84 Å². The molecule has 23 heavy (non-hydrogen) atoms. The van der Waals surface area contributed by atoms with Gasteiger partial charge in [-0.3, -0.25) is 9.59 Å². The SMILES string of the molecule is O=C(Cn1ncccc1=O)N1CC(S(=O)(=O)Cc2ccco2)C1. The Morgan fingerprint density at radius 1 is 1.30 bits per heavy atom. The van der Waals surface area contributed by atoms with E-state index < -0.39 is 15.1 Å². The Morgan fingerprint density at radius 3 is 2.74 bits per heavy atom. The number of hydrogen-bond donors (Lipinski definition) is 0. The molecule has 0 aromatic carbocycles. The van der Waals surface area contributed by atoms with Crippen molar-refractivity contribution < 1.29 is 17.6 Å². The third-order valence-electron chi connectivity index (χ3n) is 3.70. The molecule has 0 N–H and O–H groups in total. The average Bonchev–Trinajstić information content (AvgIpc) is 2.91. The quantitative estimate of drug-likeness (QED) is 0.740. The number of rotatable bonds is 5. The van der Waals surface area contributed by atoms with Gasteiger partial charge in [0.25, 0.3) is 5.56 Å². The maximum absolute atomic E-state index is 12.2.